The number of hydrogen-bond donors (Lipinski definition) is 4. The zero-order chi connectivity index (χ0) is 26.6. The molecule has 0 saturated carbocycles. The van der Waals surface area contributed by atoms with Crippen molar-refractivity contribution < 1.29 is 39.1 Å². The normalized spacial score (nSPS) is 24.9. The van der Waals surface area contributed by atoms with Gasteiger partial charge in [0.25, 0.3) is 11.2 Å². The number of carbonyl (C=O) groups is 2. The SMILES string of the molecule is O=C(OCc1ccccc1)[C@@]1(O)[C@@H](CO)O[C@@H](n2ccc(=O)[nH]c2=O)[C@@]1(O)C(=O)OCc1ccccc1. The summed E-state index contributed by atoms with van der Waals surface area (Å²) in [5.41, 5.74) is -7.36. The van der Waals surface area contributed by atoms with Gasteiger partial charge in [-0.15, -0.1) is 0 Å². The first kappa shape index (κ1) is 26.0. The number of nitrogens with zero attached hydrogens (tertiary/aromatic N) is 1. The minimum atomic E-state index is -3.29. The standard InChI is InChI=1S/C25H24N2O10/c28-13-18-24(33,21(30)35-14-16-7-3-1-4-8-16)25(34,22(31)36-15-17-9-5-2-6-10-17)20(37-18)27-12-11-19(29)26-23(27)32/h1-12,18,20,28,33-34H,13-15H2,(H,26,29,32)/t18-,20-,24+,25-/m1/s1. The van der Waals surface area contributed by atoms with Gasteiger partial charge in [0.05, 0.1) is 6.61 Å². The van der Waals surface area contributed by atoms with Crippen LogP contribution in [-0.2, 0) is 37.0 Å². The Kier molecular flexibility index (Phi) is 7.36. The van der Waals surface area contributed by atoms with E-state index in [1.807, 2.05) is 4.98 Å². The van der Waals surface area contributed by atoms with Crippen LogP contribution in [0.1, 0.15) is 17.4 Å². The molecule has 2 aromatic carbocycles. The second kappa shape index (κ2) is 10.5. The molecule has 4 atom stereocenters. The van der Waals surface area contributed by atoms with Crippen molar-refractivity contribution in [3.8, 4) is 0 Å². The summed E-state index contributed by atoms with van der Waals surface area (Å²) >= 11 is 0. The van der Waals surface area contributed by atoms with Crippen LogP contribution in [0.25, 0.3) is 0 Å². The van der Waals surface area contributed by atoms with Gasteiger partial charge in [-0.1, -0.05) is 60.7 Å². The molecule has 1 fully saturated rings. The fourth-order valence-corrected chi connectivity index (χ4v) is 4.05. The molecule has 0 bridgehead atoms. The minimum absolute atomic E-state index is 0.349. The zero-order valence-electron chi connectivity index (χ0n) is 19.4. The Hall–Kier alpha value is -4.10. The van der Waals surface area contributed by atoms with Gasteiger partial charge in [0.15, 0.2) is 6.23 Å². The quantitative estimate of drug-likeness (QED) is 0.284. The molecule has 12 nitrogen and oxygen atoms in total. The maximum Gasteiger partial charge on any atom is 0.347 e. The van der Waals surface area contributed by atoms with Gasteiger partial charge >= 0.3 is 17.6 Å². The molecule has 0 unspecified atom stereocenters. The average molecular weight is 512 g/mol. The third-order valence-electron chi connectivity index (χ3n) is 6.02. The number of aromatic nitrogens is 2. The highest BCUT2D eigenvalue weighted by Crippen LogP contribution is 2.47. The van der Waals surface area contributed by atoms with Crippen molar-refractivity contribution in [1.29, 1.82) is 0 Å². The van der Waals surface area contributed by atoms with E-state index >= 15 is 0 Å². The topological polar surface area (TPSA) is 177 Å². The summed E-state index contributed by atoms with van der Waals surface area (Å²) in [6.07, 6.45) is -3.11. The first-order valence-corrected chi connectivity index (χ1v) is 11.2. The predicted octanol–water partition coefficient (Wildman–Crippen LogP) is -0.625. The molecule has 0 radical (unpaired) electrons. The molecule has 1 saturated heterocycles. The van der Waals surface area contributed by atoms with Crippen LogP contribution < -0.4 is 11.2 Å². The van der Waals surface area contributed by atoms with E-state index in [1.54, 1.807) is 60.7 Å². The minimum Gasteiger partial charge on any atom is -0.459 e. The number of aliphatic hydroxyl groups is 3. The van der Waals surface area contributed by atoms with E-state index in [2.05, 4.69) is 0 Å². The molecule has 3 aromatic rings. The van der Waals surface area contributed by atoms with Crippen molar-refractivity contribution in [2.24, 2.45) is 0 Å². The molecule has 0 spiro atoms. The Morgan fingerprint density at radius 1 is 0.865 bits per heavy atom. The smallest absolute Gasteiger partial charge is 0.347 e. The third kappa shape index (κ3) is 4.70. The molecule has 1 aliphatic heterocycles. The number of esters is 2. The molecule has 194 valence electrons. The summed E-state index contributed by atoms with van der Waals surface area (Å²) in [7, 11) is 0. The second-order valence-corrected chi connectivity index (χ2v) is 8.33. The fourth-order valence-electron chi connectivity index (χ4n) is 4.05. The molecule has 1 aliphatic rings. The lowest BCUT2D eigenvalue weighted by atomic mass is 9.79. The molecule has 1 aromatic heterocycles. The van der Waals surface area contributed by atoms with Gasteiger partial charge in [-0.25, -0.2) is 14.4 Å². The van der Waals surface area contributed by atoms with E-state index in [0.717, 1.165) is 12.3 Å². The van der Waals surface area contributed by atoms with E-state index in [-0.39, 0.29) is 13.2 Å². The van der Waals surface area contributed by atoms with Crippen molar-refractivity contribution in [2.75, 3.05) is 6.61 Å². The van der Waals surface area contributed by atoms with Gasteiger partial charge < -0.3 is 29.5 Å². The molecule has 12 heteroatoms. The summed E-state index contributed by atoms with van der Waals surface area (Å²) in [4.78, 5) is 52.6. The van der Waals surface area contributed by atoms with Gasteiger partial charge in [0.2, 0.25) is 5.60 Å². The van der Waals surface area contributed by atoms with Crippen LogP contribution in [0.3, 0.4) is 0 Å². The first-order valence-electron chi connectivity index (χ1n) is 11.2. The monoisotopic (exact) mass is 512 g/mol. The number of hydrogen-bond acceptors (Lipinski definition) is 10. The van der Waals surface area contributed by atoms with Crippen molar-refractivity contribution in [2.45, 2.75) is 36.7 Å². The van der Waals surface area contributed by atoms with Crippen LogP contribution in [0.2, 0.25) is 0 Å². The molecule has 4 N–H and O–H groups in total. The van der Waals surface area contributed by atoms with E-state index in [1.165, 1.54) is 0 Å². The van der Waals surface area contributed by atoms with Crippen LogP contribution in [0.5, 0.6) is 0 Å². The lowest BCUT2D eigenvalue weighted by Crippen LogP contribution is -2.68. The molecule has 4 rings (SSSR count). The summed E-state index contributed by atoms with van der Waals surface area (Å²) in [6, 6.07) is 17.6. The Balaban J connectivity index is 1.75. The average Bonchev–Trinajstić information content (AvgIpc) is 3.15. The van der Waals surface area contributed by atoms with E-state index in [0.29, 0.717) is 15.7 Å². The van der Waals surface area contributed by atoms with Crippen LogP contribution >= 0.6 is 0 Å². The molecule has 2 heterocycles. The van der Waals surface area contributed by atoms with Crippen molar-refractivity contribution >= 4 is 11.9 Å². The molecule has 0 aliphatic carbocycles. The Morgan fingerprint density at radius 2 is 1.38 bits per heavy atom. The van der Waals surface area contributed by atoms with Crippen LogP contribution in [0.4, 0.5) is 0 Å². The first-order chi connectivity index (χ1) is 17.7. The van der Waals surface area contributed by atoms with Gasteiger partial charge in [-0.3, -0.25) is 14.3 Å². The molecule has 0 amide bonds. The van der Waals surface area contributed by atoms with E-state index in [9.17, 15) is 34.5 Å². The second-order valence-electron chi connectivity index (χ2n) is 8.33. The van der Waals surface area contributed by atoms with E-state index in [4.69, 9.17) is 14.2 Å². The Bertz CT molecular complexity index is 1370. The highest BCUT2D eigenvalue weighted by atomic mass is 16.6. The fraction of sp³-hybridized carbons (Fsp3) is 0.280. The summed E-state index contributed by atoms with van der Waals surface area (Å²) < 4.78 is 16.5. The van der Waals surface area contributed by atoms with Crippen LogP contribution in [-0.4, -0.2) is 60.7 Å². The third-order valence-corrected chi connectivity index (χ3v) is 6.02. The summed E-state index contributed by atoms with van der Waals surface area (Å²) in [5.74, 6) is -3.04. The largest absolute Gasteiger partial charge is 0.459 e. The maximum atomic E-state index is 13.4. The maximum absolute atomic E-state index is 13.4. The number of ether oxygens (including phenoxy) is 3. The molecular formula is C25H24N2O10. The number of rotatable bonds is 8. The van der Waals surface area contributed by atoms with Gasteiger partial charge in [0, 0.05) is 12.3 Å². The zero-order valence-corrected chi connectivity index (χ0v) is 19.4. The number of carbonyl (C=O) groups excluding carboxylic acids is 2. The molecule has 37 heavy (non-hydrogen) atoms. The molecular weight excluding hydrogens is 488 g/mol. The number of aromatic amines is 1. The van der Waals surface area contributed by atoms with Crippen LogP contribution in [0.15, 0.2) is 82.5 Å². The number of H-pyrrole nitrogens is 1. The van der Waals surface area contributed by atoms with Crippen molar-refractivity contribution in [1.82, 2.24) is 9.55 Å². The number of benzene rings is 2. The highest BCUT2D eigenvalue weighted by Gasteiger charge is 2.76. The van der Waals surface area contributed by atoms with E-state index < -0.39 is 53.3 Å². The van der Waals surface area contributed by atoms with Gasteiger partial charge in [0.1, 0.15) is 19.3 Å². The highest BCUT2D eigenvalue weighted by molar-refractivity contribution is 5.94. The van der Waals surface area contributed by atoms with Crippen LogP contribution in [0, 0.1) is 0 Å². The van der Waals surface area contributed by atoms with Crippen molar-refractivity contribution in [3.63, 3.8) is 0 Å². The number of aliphatic hydroxyl groups excluding tert-OH is 1. The van der Waals surface area contributed by atoms with Gasteiger partial charge in [-0.2, -0.15) is 0 Å². The predicted molar refractivity (Wildman–Crippen MR) is 125 cm³/mol. The Labute approximate surface area is 209 Å². The number of nitrogens with one attached hydrogen (secondary N) is 1. The van der Waals surface area contributed by atoms with Crippen molar-refractivity contribution in [3.05, 3.63) is 105 Å². The summed E-state index contributed by atoms with van der Waals surface area (Å²) in [5, 5.41) is 33.2. The van der Waals surface area contributed by atoms with Gasteiger partial charge in [-0.05, 0) is 11.1 Å². The Morgan fingerprint density at radius 3 is 1.86 bits per heavy atom. The lowest BCUT2D eigenvalue weighted by molar-refractivity contribution is -0.216. The summed E-state index contributed by atoms with van der Waals surface area (Å²) in [6.45, 7) is -1.77. The lowest BCUT2D eigenvalue weighted by Gasteiger charge is -2.36.